The van der Waals surface area contributed by atoms with Gasteiger partial charge in [0.25, 0.3) is 0 Å². The molecule has 0 amide bonds. The van der Waals surface area contributed by atoms with Gasteiger partial charge in [0.2, 0.25) is 0 Å². The third kappa shape index (κ3) is 5.13. The van der Waals surface area contributed by atoms with E-state index in [1.54, 1.807) is 0 Å². The van der Waals surface area contributed by atoms with Crippen molar-refractivity contribution in [1.82, 2.24) is 20.6 Å². The molecule has 0 saturated carbocycles. The predicted octanol–water partition coefficient (Wildman–Crippen LogP) is 4.32. The largest absolute Gasteiger partial charge is 0.481 e. The number of aliphatic carboxylic acids is 1. The van der Waals surface area contributed by atoms with Gasteiger partial charge in [-0.25, -0.2) is 0 Å². The summed E-state index contributed by atoms with van der Waals surface area (Å²) < 4.78 is 0. The van der Waals surface area contributed by atoms with E-state index < -0.39 is 11.9 Å². The average molecular weight is 358 g/mol. The van der Waals surface area contributed by atoms with E-state index in [1.165, 1.54) is 18.4 Å². The fourth-order valence-corrected chi connectivity index (χ4v) is 3.68. The number of benzene rings is 1. The molecule has 0 spiro atoms. The number of rotatable bonds is 11. The summed E-state index contributed by atoms with van der Waals surface area (Å²) in [6, 6.07) is 8.60. The van der Waals surface area contributed by atoms with Crippen LogP contribution in [0.2, 0.25) is 0 Å². The first-order valence-corrected chi connectivity index (χ1v) is 9.65. The van der Waals surface area contributed by atoms with Gasteiger partial charge in [-0.3, -0.25) is 4.79 Å². The molecular weight excluding hydrogens is 328 g/mol. The summed E-state index contributed by atoms with van der Waals surface area (Å²) in [6.07, 6.45) is 5.51. The minimum atomic E-state index is -0.799. The van der Waals surface area contributed by atoms with Crippen LogP contribution in [-0.2, 0) is 11.2 Å². The number of nitrogens with one attached hydrogen (secondary N) is 1. The minimum absolute atomic E-state index is 0.283. The maximum absolute atomic E-state index is 11.8. The lowest BCUT2D eigenvalue weighted by atomic mass is 9.83. The SMILES string of the molecule is CCCC(CC)c1ccc(C[C@H](c2nn[nH]n2)[C@H](CCC)C(=O)O)cc1. The molecule has 1 heterocycles. The quantitative estimate of drug-likeness (QED) is 0.624. The summed E-state index contributed by atoms with van der Waals surface area (Å²) in [5.74, 6) is -0.524. The van der Waals surface area contributed by atoms with Crippen LogP contribution in [-0.4, -0.2) is 31.7 Å². The number of nitrogens with zero attached hydrogens (tertiary/aromatic N) is 3. The van der Waals surface area contributed by atoms with Crippen LogP contribution in [0.1, 0.15) is 81.7 Å². The van der Waals surface area contributed by atoms with Crippen LogP contribution in [0.25, 0.3) is 0 Å². The Labute approximate surface area is 155 Å². The molecule has 0 aliphatic carbocycles. The highest BCUT2D eigenvalue weighted by atomic mass is 16.4. The molecule has 0 fully saturated rings. The second-order valence-electron chi connectivity index (χ2n) is 6.95. The first kappa shape index (κ1) is 20.1. The Bertz CT molecular complexity index is 655. The summed E-state index contributed by atoms with van der Waals surface area (Å²) in [4.78, 5) is 11.8. The van der Waals surface area contributed by atoms with E-state index >= 15 is 0 Å². The van der Waals surface area contributed by atoms with Gasteiger partial charge in [0, 0.05) is 5.92 Å². The van der Waals surface area contributed by atoms with Gasteiger partial charge >= 0.3 is 5.97 Å². The van der Waals surface area contributed by atoms with Crippen LogP contribution in [0.3, 0.4) is 0 Å². The molecule has 26 heavy (non-hydrogen) atoms. The monoisotopic (exact) mass is 358 g/mol. The smallest absolute Gasteiger partial charge is 0.307 e. The lowest BCUT2D eigenvalue weighted by Crippen LogP contribution is -2.25. The molecule has 2 rings (SSSR count). The van der Waals surface area contributed by atoms with Gasteiger partial charge in [0.1, 0.15) is 0 Å². The molecule has 1 aromatic heterocycles. The third-order valence-electron chi connectivity index (χ3n) is 5.13. The highest BCUT2D eigenvalue weighted by Gasteiger charge is 2.32. The van der Waals surface area contributed by atoms with E-state index in [0.29, 0.717) is 24.6 Å². The normalized spacial score (nSPS) is 14.7. The molecule has 0 radical (unpaired) electrons. The fraction of sp³-hybridized carbons (Fsp3) is 0.600. The van der Waals surface area contributed by atoms with Crippen molar-refractivity contribution in [2.75, 3.05) is 0 Å². The molecule has 1 unspecified atom stereocenters. The summed E-state index contributed by atoms with van der Waals surface area (Å²) in [7, 11) is 0. The number of tetrazole rings is 1. The van der Waals surface area contributed by atoms with Crippen LogP contribution in [0, 0.1) is 5.92 Å². The Morgan fingerprint density at radius 2 is 1.81 bits per heavy atom. The van der Waals surface area contributed by atoms with E-state index in [0.717, 1.165) is 18.4 Å². The van der Waals surface area contributed by atoms with E-state index in [9.17, 15) is 9.90 Å². The number of carbonyl (C=O) groups is 1. The van der Waals surface area contributed by atoms with Crippen molar-refractivity contribution in [1.29, 1.82) is 0 Å². The van der Waals surface area contributed by atoms with Crippen molar-refractivity contribution < 1.29 is 9.90 Å². The van der Waals surface area contributed by atoms with Gasteiger partial charge in [-0.05, 0) is 42.7 Å². The summed E-state index contributed by atoms with van der Waals surface area (Å²) in [5, 5.41) is 23.9. The van der Waals surface area contributed by atoms with Crippen molar-refractivity contribution >= 4 is 5.97 Å². The molecule has 0 bridgehead atoms. The Kier molecular flexibility index (Phi) is 7.75. The number of H-pyrrole nitrogens is 1. The fourth-order valence-electron chi connectivity index (χ4n) is 3.68. The van der Waals surface area contributed by atoms with Gasteiger partial charge in [0.15, 0.2) is 5.82 Å². The molecule has 6 heteroatoms. The number of aromatic nitrogens is 4. The molecule has 6 nitrogen and oxygen atoms in total. The minimum Gasteiger partial charge on any atom is -0.481 e. The highest BCUT2D eigenvalue weighted by Crippen LogP contribution is 2.31. The molecule has 0 aliphatic rings. The first-order chi connectivity index (χ1) is 12.6. The Morgan fingerprint density at radius 1 is 1.12 bits per heavy atom. The van der Waals surface area contributed by atoms with Gasteiger partial charge in [-0.1, -0.05) is 63.1 Å². The number of hydrogen-bond donors (Lipinski definition) is 2. The van der Waals surface area contributed by atoms with E-state index in [2.05, 4.69) is 58.7 Å². The van der Waals surface area contributed by atoms with Gasteiger partial charge in [0.05, 0.1) is 5.92 Å². The topological polar surface area (TPSA) is 91.8 Å². The zero-order chi connectivity index (χ0) is 18.9. The van der Waals surface area contributed by atoms with Crippen LogP contribution < -0.4 is 0 Å². The lowest BCUT2D eigenvalue weighted by molar-refractivity contribution is -0.142. The summed E-state index contributed by atoms with van der Waals surface area (Å²) >= 11 is 0. The first-order valence-electron chi connectivity index (χ1n) is 9.65. The molecule has 142 valence electrons. The van der Waals surface area contributed by atoms with Crippen molar-refractivity contribution in [3.8, 4) is 0 Å². The molecule has 0 saturated heterocycles. The molecular formula is C20H30N4O2. The Hall–Kier alpha value is -2.24. The molecule has 2 N–H and O–H groups in total. The maximum atomic E-state index is 11.8. The molecule has 1 aromatic carbocycles. The summed E-state index contributed by atoms with van der Waals surface area (Å²) in [6.45, 7) is 6.44. The number of carboxylic acids is 1. The summed E-state index contributed by atoms with van der Waals surface area (Å²) in [5.41, 5.74) is 2.47. The number of aromatic amines is 1. The maximum Gasteiger partial charge on any atom is 0.307 e. The molecule has 0 aliphatic heterocycles. The predicted molar refractivity (Wildman–Crippen MR) is 101 cm³/mol. The van der Waals surface area contributed by atoms with Gasteiger partial charge in [-0.15, -0.1) is 10.2 Å². The van der Waals surface area contributed by atoms with Crippen LogP contribution in [0.5, 0.6) is 0 Å². The number of hydrogen-bond acceptors (Lipinski definition) is 4. The van der Waals surface area contributed by atoms with E-state index in [1.807, 2.05) is 6.92 Å². The second-order valence-corrected chi connectivity index (χ2v) is 6.95. The molecule has 3 atom stereocenters. The van der Waals surface area contributed by atoms with Gasteiger partial charge < -0.3 is 5.11 Å². The van der Waals surface area contributed by atoms with Crippen molar-refractivity contribution in [3.63, 3.8) is 0 Å². The van der Waals surface area contributed by atoms with Gasteiger partial charge in [-0.2, -0.15) is 5.21 Å². The Morgan fingerprint density at radius 3 is 2.31 bits per heavy atom. The Balaban J connectivity index is 2.21. The average Bonchev–Trinajstić information content (AvgIpc) is 3.17. The zero-order valence-corrected chi connectivity index (χ0v) is 16.0. The molecule has 2 aromatic rings. The standard InChI is InChI=1S/C20H30N4O2/c1-4-7-15(6-3)16-11-9-14(10-12-16)13-18(19-21-23-24-22-19)17(8-5-2)20(25)26/h9-12,15,17-18H,4-8,13H2,1-3H3,(H,25,26)(H,21,22,23,24)/t15?,17-,18-/m0/s1. The van der Waals surface area contributed by atoms with E-state index in [4.69, 9.17) is 0 Å². The van der Waals surface area contributed by atoms with Crippen LogP contribution >= 0.6 is 0 Å². The van der Waals surface area contributed by atoms with Crippen LogP contribution in [0.4, 0.5) is 0 Å². The van der Waals surface area contributed by atoms with Crippen molar-refractivity contribution in [2.24, 2.45) is 5.92 Å². The lowest BCUT2D eigenvalue weighted by Gasteiger charge is -2.21. The van der Waals surface area contributed by atoms with E-state index in [-0.39, 0.29) is 5.92 Å². The van der Waals surface area contributed by atoms with Crippen molar-refractivity contribution in [3.05, 3.63) is 41.2 Å². The van der Waals surface area contributed by atoms with Crippen LogP contribution in [0.15, 0.2) is 24.3 Å². The second kappa shape index (κ2) is 10.0. The van der Waals surface area contributed by atoms with Crippen molar-refractivity contribution in [2.45, 2.75) is 71.1 Å². The highest BCUT2D eigenvalue weighted by molar-refractivity contribution is 5.71. The zero-order valence-electron chi connectivity index (χ0n) is 16.0. The number of carboxylic acid groups (broad SMARTS) is 1. The third-order valence-corrected chi connectivity index (χ3v) is 5.13.